The van der Waals surface area contributed by atoms with Gasteiger partial charge in [0, 0.05) is 30.5 Å². The molecular formula is C26H47N3O8S. The zero-order chi connectivity index (χ0) is 27.4. The second kappa shape index (κ2) is 20.3. The first-order chi connectivity index (χ1) is 18.6. The molecule has 0 aliphatic carbocycles. The lowest BCUT2D eigenvalue weighted by atomic mass is 10.0. The summed E-state index contributed by atoms with van der Waals surface area (Å²) in [5.74, 6) is 0.748. The molecule has 2 rings (SSSR count). The van der Waals surface area contributed by atoms with Crippen LogP contribution in [0.1, 0.15) is 51.9 Å². The number of rotatable bonds is 23. The van der Waals surface area contributed by atoms with E-state index >= 15 is 0 Å². The molecule has 38 heavy (non-hydrogen) atoms. The monoisotopic (exact) mass is 561 g/mol. The van der Waals surface area contributed by atoms with Crippen LogP contribution < -0.4 is 10.6 Å². The number of urea groups is 1. The van der Waals surface area contributed by atoms with Crippen molar-refractivity contribution >= 4 is 29.7 Å². The van der Waals surface area contributed by atoms with E-state index in [2.05, 4.69) is 22.3 Å². The minimum Gasteiger partial charge on any atom is -0.469 e. The van der Waals surface area contributed by atoms with Crippen molar-refractivity contribution in [2.75, 3.05) is 78.8 Å². The summed E-state index contributed by atoms with van der Waals surface area (Å²) >= 11 is 1.96. The predicted molar refractivity (Wildman–Crippen MR) is 145 cm³/mol. The summed E-state index contributed by atoms with van der Waals surface area (Å²) < 4.78 is 26.1. The summed E-state index contributed by atoms with van der Waals surface area (Å²) in [6.45, 7) is 6.96. The summed E-state index contributed by atoms with van der Waals surface area (Å²) in [6, 6.07) is 0.660. The van der Waals surface area contributed by atoms with Gasteiger partial charge in [-0.25, -0.2) is 4.79 Å². The minimum atomic E-state index is -0.289. The lowest BCUT2D eigenvalue weighted by Crippen LogP contribution is -2.41. The number of carbonyl (C=O) groups excluding carboxylic acids is 3. The van der Waals surface area contributed by atoms with Crippen LogP contribution >= 0.6 is 11.8 Å². The van der Waals surface area contributed by atoms with E-state index in [1.807, 2.05) is 16.7 Å². The predicted octanol–water partition coefficient (Wildman–Crippen LogP) is 1.97. The van der Waals surface area contributed by atoms with Gasteiger partial charge in [0.2, 0.25) is 5.91 Å². The number of methoxy groups -OCH3 is 1. The number of hydrogen-bond acceptors (Lipinski definition) is 9. The maximum absolute atomic E-state index is 12.3. The van der Waals surface area contributed by atoms with E-state index in [4.69, 9.17) is 18.9 Å². The molecule has 3 amide bonds. The van der Waals surface area contributed by atoms with Crippen molar-refractivity contribution in [3.05, 3.63) is 0 Å². The molecule has 3 atom stereocenters. The Labute approximate surface area is 231 Å². The van der Waals surface area contributed by atoms with E-state index in [-0.39, 0.29) is 30.4 Å². The number of hydrogen-bond donors (Lipinski definition) is 2. The summed E-state index contributed by atoms with van der Waals surface area (Å²) in [7, 11) is 1.35. The highest BCUT2D eigenvalue weighted by molar-refractivity contribution is 8.00. The van der Waals surface area contributed by atoms with Crippen LogP contribution in [0.5, 0.6) is 0 Å². The molecule has 2 fully saturated rings. The third-order valence-corrected chi connectivity index (χ3v) is 7.96. The van der Waals surface area contributed by atoms with Crippen molar-refractivity contribution in [2.45, 2.75) is 69.2 Å². The number of thioether (sulfide) groups is 1. The first kappa shape index (κ1) is 32.6. The van der Waals surface area contributed by atoms with Gasteiger partial charge >= 0.3 is 12.0 Å². The van der Waals surface area contributed by atoms with E-state index < -0.39 is 0 Å². The molecule has 0 bridgehead atoms. The Morgan fingerprint density at radius 1 is 0.947 bits per heavy atom. The largest absolute Gasteiger partial charge is 0.469 e. The molecule has 0 spiro atoms. The van der Waals surface area contributed by atoms with E-state index in [0.29, 0.717) is 77.1 Å². The highest BCUT2D eigenvalue weighted by Crippen LogP contribution is 2.37. The van der Waals surface area contributed by atoms with Gasteiger partial charge in [-0.1, -0.05) is 19.8 Å². The third kappa shape index (κ3) is 13.0. The molecule has 0 aromatic heterocycles. The van der Waals surface area contributed by atoms with Crippen LogP contribution in [0.25, 0.3) is 0 Å². The average Bonchev–Trinajstić information content (AvgIpc) is 3.45. The third-order valence-electron chi connectivity index (χ3n) is 6.47. The number of fused-ring (bicyclic) bond motifs is 1. The molecule has 0 aromatic carbocycles. The van der Waals surface area contributed by atoms with Crippen LogP contribution in [0, 0.1) is 0 Å². The highest BCUT2D eigenvalue weighted by Gasteiger charge is 2.47. The molecule has 2 saturated heterocycles. The molecular weight excluding hydrogens is 514 g/mol. The summed E-state index contributed by atoms with van der Waals surface area (Å²) in [6.07, 6.45) is 5.76. The number of amides is 3. The fourth-order valence-corrected chi connectivity index (χ4v) is 6.04. The highest BCUT2D eigenvalue weighted by atomic mass is 32.2. The second-order valence-electron chi connectivity index (χ2n) is 9.34. The molecule has 2 N–H and O–H groups in total. The summed E-state index contributed by atoms with van der Waals surface area (Å²) in [5.41, 5.74) is 0. The van der Waals surface area contributed by atoms with Crippen LogP contribution in [0.2, 0.25) is 0 Å². The SMILES string of the molecule is CCCCN1C(=O)NC2CS[C@@H](CCCCC(=O)NCCOCCOCCOCCOCCC(=O)OC)C21. The molecule has 0 saturated carbocycles. The number of nitrogens with zero attached hydrogens (tertiary/aromatic N) is 1. The van der Waals surface area contributed by atoms with Crippen LogP contribution in [0.4, 0.5) is 4.79 Å². The summed E-state index contributed by atoms with van der Waals surface area (Å²) in [5, 5.41) is 6.50. The number of carbonyl (C=O) groups is 3. The minimum absolute atomic E-state index is 0.0514. The molecule has 0 radical (unpaired) electrons. The fourth-order valence-electron chi connectivity index (χ4n) is 4.44. The molecule has 2 aliphatic heterocycles. The van der Waals surface area contributed by atoms with Crippen molar-refractivity contribution < 1.29 is 38.1 Å². The van der Waals surface area contributed by atoms with Gasteiger partial charge < -0.3 is 39.2 Å². The molecule has 12 heteroatoms. The fraction of sp³-hybridized carbons (Fsp3) is 0.885. The topological polar surface area (TPSA) is 125 Å². The Hall–Kier alpha value is -1.60. The van der Waals surface area contributed by atoms with Crippen molar-refractivity contribution in [2.24, 2.45) is 0 Å². The number of esters is 1. The maximum Gasteiger partial charge on any atom is 0.318 e. The van der Waals surface area contributed by atoms with E-state index in [9.17, 15) is 14.4 Å². The van der Waals surface area contributed by atoms with Gasteiger partial charge in [0.1, 0.15) is 0 Å². The van der Waals surface area contributed by atoms with Crippen LogP contribution in [-0.4, -0.2) is 119 Å². The van der Waals surface area contributed by atoms with Crippen molar-refractivity contribution in [3.63, 3.8) is 0 Å². The maximum atomic E-state index is 12.3. The second-order valence-corrected chi connectivity index (χ2v) is 10.6. The van der Waals surface area contributed by atoms with E-state index in [1.165, 1.54) is 7.11 Å². The number of nitrogens with one attached hydrogen (secondary N) is 2. The van der Waals surface area contributed by atoms with Gasteiger partial charge in [-0.3, -0.25) is 9.59 Å². The smallest absolute Gasteiger partial charge is 0.318 e. The van der Waals surface area contributed by atoms with Crippen molar-refractivity contribution in [1.82, 2.24) is 15.5 Å². The van der Waals surface area contributed by atoms with Gasteiger partial charge in [-0.05, 0) is 19.3 Å². The Balaban J connectivity index is 1.35. The molecule has 0 aromatic rings. The van der Waals surface area contributed by atoms with Gasteiger partial charge in [-0.15, -0.1) is 0 Å². The van der Waals surface area contributed by atoms with E-state index in [0.717, 1.165) is 44.4 Å². The molecule has 2 unspecified atom stereocenters. The van der Waals surface area contributed by atoms with Gasteiger partial charge in [-0.2, -0.15) is 11.8 Å². The average molecular weight is 562 g/mol. The van der Waals surface area contributed by atoms with Crippen molar-refractivity contribution in [1.29, 1.82) is 0 Å². The molecule has 220 valence electrons. The van der Waals surface area contributed by atoms with Crippen molar-refractivity contribution in [3.8, 4) is 0 Å². The van der Waals surface area contributed by atoms with Gasteiger partial charge in [0.15, 0.2) is 0 Å². The zero-order valence-corrected chi connectivity index (χ0v) is 23.9. The summed E-state index contributed by atoms with van der Waals surface area (Å²) in [4.78, 5) is 37.3. The normalized spacial score (nSPS) is 20.4. The lowest BCUT2D eigenvalue weighted by molar-refractivity contribution is -0.142. The van der Waals surface area contributed by atoms with Gasteiger partial charge in [0.25, 0.3) is 0 Å². The zero-order valence-electron chi connectivity index (χ0n) is 23.1. The Kier molecular flexibility index (Phi) is 17.4. The first-order valence-electron chi connectivity index (χ1n) is 13.9. The number of unbranched alkanes of at least 4 members (excludes halogenated alkanes) is 2. The first-order valence-corrected chi connectivity index (χ1v) is 14.9. The van der Waals surface area contributed by atoms with Gasteiger partial charge in [0.05, 0.1) is 78.5 Å². The van der Waals surface area contributed by atoms with Crippen LogP contribution in [-0.2, 0) is 33.3 Å². The number of ether oxygens (including phenoxy) is 5. The van der Waals surface area contributed by atoms with Crippen LogP contribution in [0.15, 0.2) is 0 Å². The van der Waals surface area contributed by atoms with Crippen LogP contribution in [0.3, 0.4) is 0 Å². The Morgan fingerprint density at radius 3 is 2.26 bits per heavy atom. The Morgan fingerprint density at radius 2 is 1.61 bits per heavy atom. The Bertz CT molecular complexity index is 687. The molecule has 11 nitrogen and oxygen atoms in total. The standard InChI is InChI=1S/C26H47N3O8S/c1-3-4-11-29-25-21(28-26(29)32)20-38-22(25)7-5-6-8-23(30)27-10-13-35-15-17-37-19-18-36-16-14-34-12-9-24(31)33-2/h21-22,25H,3-20H2,1-2H3,(H,27,30)(H,28,32)/t21?,22-,25?/m0/s1. The quantitative estimate of drug-likeness (QED) is 0.109. The van der Waals surface area contributed by atoms with E-state index in [1.54, 1.807) is 0 Å². The lowest BCUT2D eigenvalue weighted by Gasteiger charge is -2.27. The molecule has 2 heterocycles. The molecule has 2 aliphatic rings.